The number of likely N-dealkylation sites (tertiary alicyclic amines) is 1. The molecule has 0 unspecified atom stereocenters. The largest absolute Gasteiger partial charge is 0.464 e. The number of carbonyl (C=O) groups is 5. The van der Waals surface area contributed by atoms with Gasteiger partial charge in [0.1, 0.15) is 17.2 Å². The molecule has 2 saturated heterocycles. The summed E-state index contributed by atoms with van der Waals surface area (Å²) in [4.78, 5) is 82.7. The van der Waals surface area contributed by atoms with Gasteiger partial charge in [0.15, 0.2) is 0 Å². The second-order valence-corrected chi connectivity index (χ2v) is 23.7. The monoisotopic (exact) mass is 1030 g/mol. The summed E-state index contributed by atoms with van der Waals surface area (Å²) in [5, 5.41) is 9.87. The molecule has 0 aliphatic carbocycles. The van der Waals surface area contributed by atoms with Crippen molar-refractivity contribution < 1.29 is 38.2 Å². The molecule has 0 saturated carbocycles. The highest BCUT2D eigenvalue weighted by atomic mass is 32.1. The Bertz CT molecular complexity index is 2640. The van der Waals surface area contributed by atoms with Crippen LogP contribution in [-0.4, -0.2) is 146 Å². The number of cyclic esters (lactones) is 1. The van der Waals surface area contributed by atoms with Crippen LogP contribution in [0.15, 0.2) is 54.6 Å². The van der Waals surface area contributed by atoms with Crippen molar-refractivity contribution in [3.05, 3.63) is 70.8 Å². The number of aromatic nitrogens is 3. The Kier molecular flexibility index (Phi) is 17.5. The van der Waals surface area contributed by atoms with Crippen molar-refractivity contribution >= 4 is 62.2 Å². The molecule has 4 aromatic rings. The first-order chi connectivity index (χ1) is 34.3. The standard InChI is InChI=1S/C53H75N9O8SSi/c1-11-43(63)54-21-24-69-33(5)25-35-18-23-60(29-35)51(67)59(9)46(32(3)4)48(64)57-40-27-44-56-41(30-71-44)36-16-17-42-38(26-36)39(47(61(42)12-2)37-15-13-20-55-45(37)34(6)68-10)28-52(7,8)31-70-50(66)53(72)19-14-22-62(58-53)49(40)65/h11,13,15-17,20,26,30,32-35,40,46,58H,1,12,14,18-19,21-25,27-29,31H2,2-10,72H3,(H,54,63)(H,57,64)/t33-,34-,35-,40-,46-,53-/m0/s1. The van der Waals surface area contributed by atoms with Gasteiger partial charge < -0.3 is 39.2 Å². The number of thiazole rings is 1. The molecule has 72 heavy (non-hydrogen) atoms. The van der Waals surface area contributed by atoms with Gasteiger partial charge in [-0.3, -0.25) is 29.2 Å². The average Bonchev–Trinajstić information content (AvgIpc) is 4.10. The number of urea groups is 1. The molecule has 3 aromatic heterocycles. The van der Waals surface area contributed by atoms with Crippen molar-refractivity contribution in [3.63, 3.8) is 0 Å². The van der Waals surface area contributed by atoms with Gasteiger partial charge in [-0.1, -0.05) is 40.3 Å². The number of hydrazine groups is 1. The van der Waals surface area contributed by atoms with Crippen molar-refractivity contribution in [2.75, 3.05) is 53.6 Å². The quantitative estimate of drug-likeness (QED) is 0.0600. The van der Waals surface area contributed by atoms with E-state index in [0.29, 0.717) is 73.8 Å². The molecule has 3 aliphatic heterocycles. The van der Waals surface area contributed by atoms with Gasteiger partial charge >= 0.3 is 12.0 Å². The van der Waals surface area contributed by atoms with Crippen LogP contribution in [-0.2, 0) is 52.8 Å². The molecule has 2 fully saturated rings. The van der Waals surface area contributed by atoms with Gasteiger partial charge in [-0.05, 0) is 101 Å². The number of methoxy groups -OCH3 is 1. The fraction of sp³-hybridized carbons (Fsp3) is 0.566. The molecule has 6 atom stereocenters. The first-order valence-corrected chi connectivity index (χ1v) is 27.3. The van der Waals surface area contributed by atoms with Gasteiger partial charge in [0.2, 0.25) is 11.8 Å². The number of hydrogen-bond donors (Lipinski definition) is 3. The van der Waals surface area contributed by atoms with E-state index in [4.69, 9.17) is 24.2 Å². The van der Waals surface area contributed by atoms with Crippen LogP contribution in [0.5, 0.6) is 0 Å². The molecular weight excluding hydrogens is 951 g/mol. The topological polar surface area (TPSA) is 190 Å². The highest BCUT2D eigenvalue weighted by Gasteiger charge is 2.44. The van der Waals surface area contributed by atoms with Crippen molar-refractivity contribution in [2.24, 2.45) is 17.3 Å². The molecule has 0 radical (unpaired) electrons. The van der Waals surface area contributed by atoms with E-state index >= 15 is 0 Å². The van der Waals surface area contributed by atoms with Crippen LogP contribution < -0.4 is 16.1 Å². The lowest BCUT2D eigenvalue weighted by Gasteiger charge is -2.41. The maximum Gasteiger partial charge on any atom is 0.323 e. The van der Waals surface area contributed by atoms with Crippen LogP contribution in [0.2, 0.25) is 0 Å². The number of nitrogens with zero attached hydrogens (tertiary/aromatic N) is 6. The van der Waals surface area contributed by atoms with E-state index in [9.17, 15) is 24.0 Å². The molecule has 390 valence electrons. The lowest BCUT2D eigenvalue weighted by Crippen LogP contribution is -2.67. The van der Waals surface area contributed by atoms with Crippen molar-refractivity contribution in [1.29, 1.82) is 0 Å². The number of benzene rings is 1. The Labute approximate surface area is 431 Å². The smallest absolute Gasteiger partial charge is 0.323 e. The second kappa shape index (κ2) is 23.2. The number of aryl methyl sites for hydroxylation is 1. The van der Waals surface area contributed by atoms with E-state index < -0.39 is 40.4 Å². The van der Waals surface area contributed by atoms with Crippen LogP contribution in [0.3, 0.4) is 0 Å². The maximum atomic E-state index is 14.9. The predicted octanol–water partition coefficient (Wildman–Crippen LogP) is 5.39. The number of carbonyl (C=O) groups excluding carboxylic acids is 5. The van der Waals surface area contributed by atoms with Crippen LogP contribution in [0, 0.1) is 17.3 Å². The number of rotatable bonds is 15. The Balaban J connectivity index is 1.18. The number of hydrogen-bond acceptors (Lipinski definition) is 12. The Morgan fingerprint density at radius 3 is 2.65 bits per heavy atom. The summed E-state index contributed by atoms with van der Waals surface area (Å²) < 4.78 is 20.4. The summed E-state index contributed by atoms with van der Waals surface area (Å²) in [5.74, 6) is -1.61. The number of fused-ring (bicyclic) bond motifs is 6. The van der Waals surface area contributed by atoms with Gasteiger partial charge in [0.25, 0.3) is 5.91 Å². The summed E-state index contributed by atoms with van der Waals surface area (Å²) >= 11 is 1.42. The van der Waals surface area contributed by atoms with Gasteiger partial charge in [0, 0.05) is 103 Å². The molecular formula is C53H75N9O8SSi. The van der Waals surface area contributed by atoms with Gasteiger partial charge in [0.05, 0.1) is 47.5 Å². The maximum absolute atomic E-state index is 14.9. The molecule has 6 bridgehead atoms. The number of pyridine rings is 1. The lowest BCUT2D eigenvalue weighted by molar-refractivity contribution is -0.158. The minimum atomic E-state index is -1.09. The van der Waals surface area contributed by atoms with Gasteiger partial charge in [-0.25, -0.2) is 15.2 Å². The summed E-state index contributed by atoms with van der Waals surface area (Å²) in [6.07, 6.45) is 5.94. The second-order valence-electron chi connectivity index (χ2n) is 21.1. The van der Waals surface area contributed by atoms with Gasteiger partial charge in [-0.15, -0.1) is 11.3 Å². The molecule has 6 heterocycles. The van der Waals surface area contributed by atoms with E-state index in [1.807, 2.05) is 39.1 Å². The molecule has 3 N–H and O–H groups in total. The number of likely N-dealkylation sites (N-methyl/N-ethyl adjacent to an activating group) is 1. The van der Waals surface area contributed by atoms with Crippen LogP contribution >= 0.6 is 11.3 Å². The van der Waals surface area contributed by atoms with E-state index in [-0.39, 0.29) is 49.0 Å². The molecule has 19 heteroatoms. The molecule has 0 spiro atoms. The fourth-order valence-corrected chi connectivity index (χ4v) is 12.2. The first kappa shape index (κ1) is 54.3. The molecule has 1 aromatic carbocycles. The average molecular weight is 1030 g/mol. The first-order valence-electron chi connectivity index (χ1n) is 25.5. The molecule has 7 rings (SSSR count). The Morgan fingerprint density at radius 1 is 1.15 bits per heavy atom. The third-order valence-corrected chi connectivity index (χ3v) is 16.4. The zero-order valence-electron chi connectivity index (χ0n) is 43.8. The predicted molar refractivity (Wildman–Crippen MR) is 283 cm³/mol. The highest BCUT2D eigenvalue weighted by Crippen LogP contribution is 2.42. The minimum absolute atomic E-state index is 0.0743. The van der Waals surface area contributed by atoms with E-state index in [1.165, 1.54) is 27.3 Å². The third kappa shape index (κ3) is 12.1. The van der Waals surface area contributed by atoms with Gasteiger partial charge in [-0.2, -0.15) is 0 Å². The molecule has 5 amide bonds. The number of esters is 1. The molecule has 17 nitrogen and oxygen atoms in total. The van der Waals surface area contributed by atoms with E-state index in [2.05, 4.69) is 72.2 Å². The summed E-state index contributed by atoms with van der Waals surface area (Å²) in [6, 6.07) is 8.21. The number of amides is 5. The zero-order chi connectivity index (χ0) is 52.1. The van der Waals surface area contributed by atoms with Crippen LogP contribution in [0.4, 0.5) is 4.79 Å². The normalized spacial score (nSPS) is 21.8. The highest BCUT2D eigenvalue weighted by molar-refractivity contribution is 7.10. The minimum Gasteiger partial charge on any atom is -0.464 e. The van der Waals surface area contributed by atoms with E-state index in [1.54, 1.807) is 25.3 Å². The summed E-state index contributed by atoms with van der Waals surface area (Å²) in [6.45, 7) is 20.6. The SMILES string of the molecule is C=CC(=O)NCCO[C@@H](C)C[C@@H]1CCN(C(=O)N(C)[C@H](C(=O)N[C@H]2Cc3nc(cs3)-c3ccc4c(c3)c(c(-c3cccnc3[C@H](C)OC)n4CC)CC(C)(C)COC(=O)[C@@]3([SiH3])CCCN(N3)C2=O)C(C)C)C1. The lowest BCUT2D eigenvalue weighted by atomic mass is 9.84. The Morgan fingerprint density at radius 2 is 1.93 bits per heavy atom. The van der Waals surface area contributed by atoms with Crippen LogP contribution in [0.1, 0.15) is 96.5 Å². The molecule has 3 aliphatic rings. The van der Waals surface area contributed by atoms with Crippen molar-refractivity contribution in [1.82, 2.24) is 45.4 Å². The van der Waals surface area contributed by atoms with Crippen LogP contribution in [0.25, 0.3) is 33.4 Å². The van der Waals surface area contributed by atoms with Crippen molar-refractivity contribution in [2.45, 2.75) is 123 Å². The summed E-state index contributed by atoms with van der Waals surface area (Å²) in [7, 11) is 3.68. The Hall–Kier alpha value is -5.47. The van der Waals surface area contributed by atoms with E-state index in [0.717, 1.165) is 57.5 Å². The third-order valence-electron chi connectivity index (χ3n) is 14.4. The zero-order valence-corrected chi connectivity index (χ0v) is 46.7. The summed E-state index contributed by atoms with van der Waals surface area (Å²) in [5.41, 5.74) is 9.45. The fourth-order valence-electron chi connectivity index (χ4n) is 10.6. The number of ether oxygens (including phenoxy) is 3. The number of nitrogens with one attached hydrogen (secondary N) is 3. The van der Waals surface area contributed by atoms with Crippen molar-refractivity contribution in [3.8, 4) is 22.5 Å².